The zero-order chi connectivity index (χ0) is 20.2. The molecule has 0 amide bonds. The van der Waals surface area contributed by atoms with Gasteiger partial charge in [-0.1, -0.05) is 88.4 Å². The molecule has 0 aromatic heterocycles. The van der Waals surface area contributed by atoms with Gasteiger partial charge in [0, 0.05) is 18.3 Å². The number of hydrogen-bond acceptors (Lipinski definition) is 3. The summed E-state index contributed by atoms with van der Waals surface area (Å²) < 4.78 is 13.3. The van der Waals surface area contributed by atoms with Crippen LogP contribution in [0, 0.1) is 0 Å². The molecule has 1 saturated heterocycles. The predicted octanol–water partition coefficient (Wildman–Crippen LogP) is 5.21. The zero-order valence-corrected chi connectivity index (χ0v) is 19.7. The molecule has 0 N–H and O–H groups in total. The Morgan fingerprint density at radius 3 is 1.89 bits per heavy atom. The Kier molecular flexibility index (Phi) is 7.08. The van der Waals surface area contributed by atoms with Gasteiger partial charge in [-0.05, 0) is 28.8 Å². The van der Waals surface area contributed by atoms with E-state index in [2.05, 4.69) is 95.3 Å². The lowest BCUT2D eigenvalue weighted by Crippen LogP contribution is -2.68. The smallest absolute Gasteiger partial charge is 0.261 e. The highest BCUT2D eigenvalue weighted by Crippen LogP contribution is 2.44. The van der Waals surface area contributed by atoms with Crippen molar-refractivity contribution in [2.24, 2.45) is 0 Å². The van der Waals surface area contributed by atoms with E-state index < -0.39 is 8.32 Å². The maximum absolute atomic E-state index is 7.35. The molecule has 0 radical (unpaired) electrons. The van der Waals surface area contributed by atoms with E-state index in [4.69, 9.17) is 9.16 Å². The van der Waals surface area contributed by atoms with Gasteiger partial charge in [0.1, 0.15) is 5.44 Å². The Morgan fingerprint density at radius 2 is 1.46 bits per heavy atom. The third-order valence-corrected chi connectivity index (χ3v) is 12.3. The van der Waals surface area contributed by atoms with E-state index in [1.54, 1.807) is 0 Å². The second kappa shape index (κ2) is 9.16. The first kappa shape index (κ1) is 21.6. The van der Waals surface area contributed by atoms with Crippen molar-refractivity contribution in [3.05, 3.63) is 60.7 Å². The van der Waals surface area contributed by atoms with E-state index in [1.165, 1.54) is 10.4 Å². The van der Waals surface area contributed by atoms with E-state index in [0.717, 1.165) is 19.4 Å². The molecule has 2 aromatic carbocycles. The molecular weight excluding hydrogens is 380 g/mol. The monoisotopic (exact) mass is 414 g/mol. The van der Waals surface area contributed by atoms with Crippen LogP contribution in [0.3, 0.4) is 0 Å². The largest absolute Gasteiger partial charge is 0.403 e. The molecule has 0 bridgehead atoms. The third kappa shape index (κ3) is 4.25. The molecule has 3 rings (SSSR count). The third-order valence-electron chi connectivity index (χ3n) is 5.67. The minimum atomic E-state index is -2.49. The minimum Gasteiger partial charge on any atom is -0.403 e. The van der Waals surface area contributed by atoms with E-state index in [0.29, 0.717) is 5.25 Å². The van der Waals surface area contributed by atoms with Crippen LogP contribution in [-0.4, -0.2) is 31.7 Å². The second-order valence-electron chi connectivity index (χ2n) is 8.52. The normalized spacial score (nSPS) is 23.1. The standard InChI is InChI=1S/C24H34O2SSi/c1-6-22-21(18-23(27-22)25-7-2)26-28(24(3,4)5,19-14-10-8-11-15-19)20-16-12-9-13-17-20/h8-17,21-23H,6-7,18H2,1-5H3/t21?,22-,23?/m1/s1. The van der Waals surface area contributed by atoms with Crippen molar-refractivity contribution in [3.8, 4) is 0 Å². The zero-order valence-electron chi connectivity index (χ0n) is 17.9. The number of benzene rings is 2. The molecular formula is C24H34O2SSi. The predicted molar refractivity (Wildman–Crippen MR) is 124 cm³/mol. The first-order chi connectivity index (χ1) is 13.4. The van der Waals surface area contributed by atoms with E-state index in [1.807, 2.05) is 11.8 Å². The molecule has 2 aromatic rings. The fraction of sp³-hybridized carbons (Fsp3) is 0.500. The van der Waals surface area contributed by atoms with E-state index in [9.17, 15) is 0 Å². The summed E-state index contributed by atoms with van der Waals surface area (Å²) in [6.45, 7) is 12.2. The molecule has 1 aliphatic rings. The Balaban J connectivity index is 2.09. The minimum absolute atomic E-state index is 0.0162. The van der Waals surface area contributed by atoms with Crippen LogP contribution < -0.4 is 10.4 Å². The summed E-state index contributed by atoms with van der Waals surface area (Å²) in [4.78, 5) is 0. The van der Waals surface area contributed by atoms with Crippen molar-refractivity contribution in [3.63, 3.8) is 0 Å². The van der Waals surface area contributed by atoms with Gasteiger partial charge in [0.05, 0.1) is 6.10 Å². The maximum atomic E-state index is 7.35. The van der Waals surface area contributed by atoms with Crippen molar-refractivity contribution in [1.82, 2.24) is 0 Å². The van der Waals surface area contributed by atoms with Gasteiger partial charge in [0.2, 0.25) is 0 Å². The van der Waals surface area contributed by atoms with Crippen LogP contribution in [-0.2, 0) is 9.16 Å². The van der Waals surface area contributed by atoms with Crippen molar-refractivity contribution in [2.45, 2.75) is 69.3 Å². The summed E-state index contributed by atoms with van der Waals surface area (Å²) in [5.41, 5.74) is 0.248. The van der Waals surface area contributed by atoms with Crippen molar-refractivity contribution in [2.75, 3.05) is 6.61 Å². The first-order valence-electron chi connectivity index (χ1n) is 10.5. The van der Waals surface area contributed by atoms with Crippen LogP contribution in [0.4, 0.5) is 0 Å². The number of thioether (sulfide) groups is 1. The summed E-state index contributed by atoms with van der Waals surface area (Å²) in [7, 11) is -2.49. The van der Waals surface area contributed by atoms with Gasteiger partial charge < -0.3 is 9.16 Å². The van der Waals surface area contributed by atoms with Gasteiger partial charge in [-0.25, -0.2) is 0 Å². The summed E-state index contributed by atoms with van der Waals surface area (Å²) in [5, 5.41) is 3.21. The summed E-state index contributed by atoms with van der Waals surface area (Å²) in [5.74, 6) is 0. The molecule has 2 unspecified atom stereocenters. The fourth-order valence-electron chi connectivity index (χ4n) is 4.37. The van der Waals surface area contributed by atoms with Gasteiger partial charge in [-0.3, -0.25) is 0 Å². The number of rotatable bonds is 7. The highest BCUT2D eigenvalue weighted by atomic mass is 32.2. The SMILES string of the molecule is CCOC1CC(O[Si](c2ccccc2)(c2ccccc2)C(C)(C)C)[C@@H](CC)S1. The molecule has 1 fully saturated rings. The lowest BCUT2D eigenvalue weighted by atomic mass is 10.1. The number of hydrogen-bond donors (Lipinski definition) is 0. The molecule has 0 spiro atoms. The molecule has 0 aliphatic carbocycles. The molecule has 152 valence electrons. The average Bonchev–Trinajstić information content (AvgIpc) is 3.08. The summed E-state index contributed by atoms with van der Waals surface area (Å²) in [6.07, 6.45) is 2.30. The molecule has 0 saturated carbocycles. The molecule has 1 aliphatic heterocycles. The van der Waals surface area contributed by atoms with Crippen LogP contribution in [0.25, 0.3) is 0 Å². The van der Waals surface area contributed by atoms with Gasteiger partial charge >= 0.3 is 0 Å². The lowest BCUT2D eigenvalue weighted by molar-refractivity contribution is 0.0884. The van der Waals surface area contributed by atoms with Crippen LogP contribution in [0.2, 0.25) is 5.04 Å². The quantitative estimate of drug-likeness (QED) is 0.580. The Labute approximate surface area is 176 Å². The van der Waals surface area contributed by atoms with Crippen molar-refractivity contribution < 1.29 is 9.16 Å². The second-order valence-corrected chi connectivity index (χ2v) is 14.2. The number of ether oxygens (including phenoxy) is 1. The van der Waals surface area contributed by atoms with Gasteiger partial charge in [-0.15, -0.1) is 11.8 Å². The van der Waals surface area contributed by atoms with Gasteiger partial charge in [0.25, 0.3) is 8.32 Å². The van der Waals surface area contributed by atoms with Crippen LogP contribution in [0.5, 0.6) is 0 Å². The molecule has 2 nitrogen and oxygen atoms in total. The van der Waals surface area contributed by atoms with Gasteiger partial charge in [-0.2, -0.15) is 0 Å². The highest BCUT2D eigenvalue weighted by molar-refractivity contribution is 8.00. The topological polar surface area (TPSA) is 18.5 Å². The summed E-state index contributed by atoms with van der Waals surface area (Å²) >= 11 is 1.96. The van der Waals surface area contributed by atoms with Crippen molar-refractivity contribution in [1.29, 1.82) is 0 Å². The van der Waals surface area contributed by atoms with Crippen LogP contribution >= 0.6 is 11.8 Å². The Hall–Kier alpha value is -1.07. The van der Waals surface area contributed by atoms with Crippen LogP contribution in [0.15, 0.2) is 60.7 Å². The molecule has 3 atom stereocenters. The fourth-order valence-corrected chi connectivity index (χ4v) is 10.6. The maximum Gasteiger partial charge on any atom is 0.261 e. The molecule has 1 heterocycles. The lowest BCUT2D eigenvalue weighted by Gasteiger charge is -2.45. The Morgan fingerprint density at radius 1 is 0.929 bits per heavy atom. The Bertz CT molecular complexity index is 690. The first-order valence-corrected chi connectivity index (χ1v) is 13.3. The van der Waals surface area contributed by atoms with E-state index in [-0.39, 0.29) is 16.6 Å². The average molecular weight is 415 g/mol. The van der Waals surface area contributed by atoms with E-state index >= 15 is 0 Å². The van der Waals surface area contributed by atoms with Gasteiger partial charge in [0.15, 0.2) is 0 Å². The summed E-state index contributed by atoms with van der Waals surface area (Å²) in [6, 6.07) is 21.9. The highest BCUT2D eigenvalue weighted by Gasteiger charge is 2.53. The van der Waals surface area contributed by atoms with Crippen LogP contribution in [0.1, 0.15) is 47.5 Å². The molecule has 4 heteroatoms. The molecule has 28 heavy (non-hydrogen) atoms. The van der Waals surface area contributed by atoms with Crippen molar-refractivity contribution >= 4 is 30.5 Å².